The van der Waals surface area contributed by atoms with Gasteiger partial charge < -0.3 is 10.2 Å². The summed E-state index contributed by atoms with van der Waals surface area (Å²) in [5.41, 5.74) is 0. The highest BCUT2D eigenvalue weighted by atomic mass is 19.3. The molecule has 2 amide bonds. The summed E-state index contributed by atoms with van der Waals surface area (Å²) in [6.45, 7) is 4.55. The van der Waals surface area contributed by atoms with Gasteiger partial charge in [0.1, 0.15) is 12.0 Å². The molecule has 2 atom stereocenters. The van der Waals surface area contributed by atoms with Gasteiger partial charge in [-0.05, 0) is 12.3 Å². The first kappa shape index (κ1) is 13.2. The van der Waals surface area contributed by atoms with Gasteiger partial charge in [0.15, 0.2) is 0 Å². The van der Waals surface area contributed by atoms with Gasteiger partial charge in [-0.15, -0.1) is 0 Å². The van der Waals surface area contributed by atoms with Crippen LogP contribution in [0, 0.1) is 11.8 Å². The molecule has 6 heteroatoms. The van der Waals surface area contributed by atoms with Crippen molar-refractivity contribution in [2.24, 2.45) is 11.8 Å². The molecule has 18 heavy (non-hydrogen) atoms. The fraction of sp³-hybridized carbons (Fsp3) is 0.833. The fourth-order valence-electron chi connectivity index (χ4n) is 2.34. The van der Waals surface area contributed by atoms with Gasteiger partial charge in [0.2, 0.25) is 11.8 Å². The number of nitrogens with one attached hydrogen (secondary N) is 1. The second-order valence-corrected chi connectivity index (χ2v) is 5.49. The van der Waals surface area contributed by atoms with Crippen molar-refractivity contribution in [3.8, 4) is 0 Å². The van der Waals surface area contributed by atoms with Crippen LogP contribution in [-0.2, 0) is 9.59 Å². The highest BCUT2D eigenvalue weighted by Gasteiger charge is 2.63. The number of rotatable bonds is 3. The molecule has 2 rings (SSSR count). The maximum atomic E-state index is 12.9. The van der Waals surface area contributed by atoms with Crippen LogP contribution in [0.5, 0.6) is 0 Å². The molecule has 1 saturated heterocycles. The first-order valence-corrected chi connectivity index (χ1v) is 6.29. The molecule has 1 heterocycles. The van der Waals surface area contributed by atoms with Crippen LogP contribution in [0.15, 0.2) is 0 Å². The van der Waals surface area contributed by atoms with Crippen molar-refractivity contribution in [3.63, 3.8) is 0 Å². The lowest BCUT2D eigenvalue weighted by atomic mass is 9.99. The molecular weight excluding hydrogens is 242 g/mol. The number of amides is 2. The van der Waals surface area contributed by atoms with E-state index in [0.717, 1.165) is 0 Å². The fourth-order valence-corrected chi connectivity index (χ4v) is 2.34. The zero-order valence-electron chi connectivity index (χ0n) is 10.6. The maximum absolute atomic E-state index is 12.9. The van der Waals surface area contributed by atoms with E-state index in [1.165, 1.54) is 4.90 Å². The highest BCUT2D eigenvalue weighted by Crippen LogP contribution is 2.49. The van der Waals surface area contributed by atoms with Crippen molar-refractivity contribution < 1.29 is 18.4 Å². The third-order valence-electron chi connectivity index (χ3n) is 3.43. The summed E-state index contributed by atoms with van der Waals surface area (Å²) >= 11 is 0. The van der Waals surface area contributed by atoms with E-state index in [1.807, 2.05) is 13.8 Å². The summed E-state index contributed by atoms with van der Waals surface area (Å²) < 4.78 is 25.9. The van der Waals surface area contributed by atoms with Gasteiger partial charge in [0.25, 0.3) is 5.92 Å². The number of piperazine rings is 1. The normalized spacial score (nSPS) is 30.3. The van der Waals surface area contributed by atoms with Crippen LogP contribution in [0.3, 0.4) is 0 Å². The Morgan fingerprint density at radius 3 is 2.67 bits per heavy atom. The summed E-state index contributed by atoms with van der Waals surface area (Å²) in [5, 5.41) is 2.68. The van der Waals surface area contributed by atoms with E-state index >= 15 is 0 Å². The predicted octanol–water partition coefficient (Wildman–Crippen LogP) is 1.01. The van der Waals surface area contributed by atoms with Gasteiger partial charge >= 0.3 is 0 Å². The molecule has 0 spiro atoms. The van der Waals surface area contributed by atoms with Crippen LogP contribution < -0.4 is 5.32 Å². The van der Waals surface area contributed by atoms with Crippen LogP contribution in [0.1, 0.15) is 26.7 Å². The van der Waals surface area contributed by atoms with Crippen molar-refractivity contribution in [2.45, 2.75) is 38.7 Å². The number of carbonyl (C=O) groups is 2. The van der Waals surface area contributed by atoms with Crippen molar-refractivity contribution in [3.05, 3.63) is 0 Å². The minimum Gasteiger partial charge on any atom is -0.353 e. The molecule has 0 aromatic heterocycles. The second kappa shape index (κ2) is 4.48. The third-order valence-corrected chi connectivity index (χ3v) is 3.43. The summed E-state index contributed by atoms with van der Waals surface area (Å²) in [7, 11) is 0. The Morgan fingerprint density at radius 2 is 2.17 bits per heavy atom. The molecule has 2 aliphatic rings. The lowest BCUT2D eigenvalue weighted by Crippen LogP contribution is -2.58. The average molecular weight is 260 g/mol. The molecule has 2 fully saturated rings. The summed E-state index contributed by atoms with van der Waals surface area (Å²) in [5.74, 6) is -4.65. The average Bonchev–Trinajstić information content (AvgIpc) is 2.89. The predicted molar refractivity (Wildman–Crippen MR) is 61.0 cm³/mol. The van der Waals surface area contributed by atoms with Gasteiger partial charge in [-0.1, -0.05) is 13.8 Å². The summed E-state index contributed by atoms with van der Waals surface area (Å²) in [4.78, 5) is 25.1. The zero-order chi connectivity index (χ0) is 13.5. The van der Waals surface area contributed by atoms with Crippen LogP contribution in [0.2, 0.25) is 0 Å². The van der Waals surface area contributed by atoms with E-state index in [4.69, 9.17) is 0 Å². The number of nitrogens with zero attached hydrogens (tertiary/aromatic N) is 1. The Morgan fingerprint density at radius 1 is 1.56 bits per heavy atom. The lowest BCUT2D eigenvalue weighted by molar-refractivity contribution is -0.146. The number of carbonyl (C=O) groups excluding carboxylic acids is 2. The molecule has 1 aliphatic carbocycles. The monoisotopic (exact) mass is 260 g/mol. The number of halogens is 2. The Labute approximate surface area is 105 Å². The Hall–Kier alpha value is -1.20. The number of alkyl halides is 2. The third kappa shape index (κ3) is 2.47. The Kier molecular flexibility index (Phi) is 3.29. The summed E-state index contributed by atoms with van der Waals surface area (Å²) in [6.07, 6.45) is 0.133. The Bertz CT molecular complexity index is 371. The molecule has 0 radical (unpaired) electrons. The van der Waals surface area contributed by atoms with Crippen molar-refractivity contribution >= 4 is 11.8 Å². The van der Waals surface area contributed by atoms with E-state index in [1.54, 1.807) is 0 Å². The molecule has 1 N–H and O–H groups in total. The summed E-state index contributed by atoms with van der Waals surface area (Å²) in [6, 6.07) is -0.595. The molecule has 0 aromatic carbocycles. The second-order valence-electron chi connectivity index (χ2n) is 5.49. The number of hydrogen-bond donors (Lipinski definition) is 1. The highest BCUT2D eigenvalue weighted by molar-refractivity contribution is 5.91. The smallest absolute Gasteiger partial charge is 0.260 e. The standard InChI is InChI=1S/C12H18F2N2O2/c1-7(2)5-9-10(17)15-3-4-16(9)11(18)8-6-12(8,13)14/h7-9H,3-6H2,1-2H3,(H,15,17)/t8-,9-/m0/s1. The molecular formula is C12H18F2N2O2. The Balaban J connectivity index is 2.08. The molecule has 0 aromatic rings. The van der Waals surface area contributed by atoms with Gasteiger partial charge in [-0.25, -0.2) is 8.78 Å². The first-order chi connectivity index (χ1) is 8.33. The minimum absolute atomic E-state index is 0.229. The van der Waals surface area contributed by atoms with E-state index in [9.17, 15) is 18.4 Å². The molecule has 1 saturated carbocycles. The van der Waals surface area contributed by atoms with Gasteiger partial charge in [0, 0.05) is 19.5 Å². The van der Waals surface area contributed by atoms with Crippen LogP contribution >= 0.6 is 0 Å². The maximum Gasteiger partial charge on any atom is 0.260 e. The molecule has 0 unspecified atom stereocenters. The van der Waals surface area contributed by atoms with Crippen LogP contribution in [-0.4, -0.2) is 41.8 Å². The molecule has 0 bridgehead atoms. The zero-order valence-corrected chi connectivity index (χ0v) is 10.6. The molecule has 102 valence electrons. The van der Waals surface area contributed by atoms with Crippen molar-refractivity contribution in [1.82, 2.24) is 10.2 Å². The van der Waals surface area contributed by atoms with Crippen molar-refractivity contribution in [1.29, 1.82) is 0 Å². The van der Waals surface area contributed by atoms with E-state index < -0.39 is 23.8 Å². The number of hydrogen-bond acceptors (Lipinski definition) is 2. The largest absolute Gasteiger partial charge is 0.353 e. The minimum atomic E-state index is -2.87. The lowest BCUT2D eigenvalue weighted by Gasteiger charge is -2.36. The quantitative estimate of drug-likeness (QED) is 0.823. The van der Waals surface area contributed by atoms with E-state index in [0.29, 0.717) is 19.5 Å². The van der Waals surface area contributed by atoms with Gasteiger partial charge in [-0.3, -0.25) is 9.59 Å². The van der Waals surface area contributed by atoms with E-state index in [-0.39, 0.29) is 18.2 Å². The van der Waals surface area contributed by atoms with Gasteiger partial charge in [0.05, 0.1) is 0 Å². The van der Waals surface area contributed by atoms with E-state index in [2.05, 4.69) is 5.32 Å². The molecule has 4 nitrogen and oxygen atoms in total. The topological polar surface area (TPSA) is 49.4 Å². The van der Waals surface area contributed by atoms with Gasteiger partial charge in [-0.2, -0.15) is 0 Å². The SMILES string of the molecule is CC(C)C[C@H]1C(=O)NCCN1C(=O)[C@@H]1CC1(F)F. The van der Waals surface area contributed by atoms with Crippen molar-refractivity contribution in [2.75, 3.05) is 13.1 Å². The van der Waals surface area contributed by atoms with Crippen LogP contribution in [0.4, 0.5) is 8.78 Å². The van der Waals surface area contributed by atoms with Crippen LogP contribution in [0.25, 0.3) is 0 Å². The first-order valence-electron chi connectivity index (χ1n) is 6.29. The molecule has 1 aliphatic heterocycles.